The van der Waals surface area contributed by atoms with Crippen LogP contribution in [0.15, 0.2) is 42.6 Å². The minimum atomic E-state index is -0.550. The fraction of sp³-hybridized carbons (Fsp3) is 0.346. The first kappa shape index (κ1) is 29.4. The second-order valence-corrected chi connectivity index (χ2v) is 10.9. The van der Waals surface area contributed by atoms with Crippen molar-refractivity contribution < 1.29 is 19.1 Å². The fourth-order valence-corrected chi connectivity index (χ4v) is 4.02. The Bertz CT molecular complexity index is 1340. The van der Waals surface area contributed by atoms with Gasteiger partial charge >= 0.3 is 5.97 Å². The lowest BCUT2D eigenvalue weighted by Gasteiger charge is -2.26. The Balaban J connectivity index is 1.88. The van der Waals surface area contributed by atoms with E-state index in [4.69, 9.17) is 39.5 Å². The molecule has 3 rings (SSSR count). The number of ether oxygens (including phenoxy) is 1. The van der Waals surface area contributed by atoms with E-state index in [-0.39, 0.29) is 34.3 Å². The van der Waals surface area contributed by atoms with E-state index in [9.17, 15) is 14.4 Å². The lowest BCUT2D eigenvalue weighted by atomic mass is 9.91. The number of nitrogens with one attached hydrogen (secondary N) is 1. The molecule has 202 valence electrons. The predicted octanol–water partition coefficient (Wildman–Crippen LogP) is 5.82. The van der Waals surface area contributed by atoms with Gasteiger partial charge in [0.05, 0.1) is 23.3 Å². The summed E-state index contributed by atoms with van der Waals surface area (Å²) in [5.74, 6) is -1.76. The van der Waals surface area contributed by atoms with E-state index >= 15 is 0 Å². The summed E-state index contributed by atoms with van der Waals surface area (Å²) in [5.41, 5.74) is 1.64. The number of anilines is 2. The smallest absolute Gasteiger partial charge is 0.311 e. The molecule has 1 heterocycles. The van der Waals surface area contributed by atoms with Gasteiger partial charge in [-0.05, 0) is 48.6 Å². The highest BCUT2D eigenvalue weighted by atomic mass is 35.5. The number of rotatable bonds is 9. The van der Waals surface area contributed by atoms with Gasteiger partial charge in [-0.1, -0.05) is 61.3 Å². The normalized spacial score (nSPS) is 11.2. The van der Waals surface area contributed by atoms with Crippen LogP contribution in [0, 0.1) is 12.3 Å². The molecule has 1 aromatic heterocycles. The number of benzene rings is 2. The Labute approximate surface area is 236 Å². The van der Waals surface area contributed by atoms with Crippen molar-refractivity contribution >= 4 is 64.0 Å². The van der Waals surface area contributed by atoms with Crippen molar-refractivity contribution in [2.75, 3.05) is 22.6 Å². The standard InChI is InChI=1S/C26H28Cl3N5O4/c1-16-6-5-7-20(38-24(37)10-11-26(2,3)4)25(16)33(23(36)13-27)15-22(35)30-18-12-17(28)8-9-19(18)34-14-21(29)31-32-34/h5-9,12,14H,10-11,13,15H2,1-4H3,(H,30,35). The maximum absolute atomic E-state index is 13.2. The van der Waals surface area contributed by atoms with E-state index in [1.807, 2.05) is 20.8 Å². The maximum Gasteiger partial charge on any atom is 0.311 e. The van der Waals surface area contributed by atoms with Crippen molar-refractivity contribution in [2.45, 2.75) is 40.5 Å². The Morgan fingerprint density at radius 3 is 2.50 bits per heavy atom. The van der Waals surface area contributed by atoms with Crippen LogP contribution in [0.25, 0.3) is 5.69 Å². The number of hydrogen-bond acceptors (Lipinski definition) is 6. The summed E-state index contributed by atoms with van der Waals surface area (Å²) in [7, 11) is 0. The average molecular weight is 581 g/mol. The van der Waals surface area contributed by atoms with Gasteiger partial charge in [-0.2, -0.15) is 0 Å². The number of carbonyl (C=O) groups is 3. The molecule has 0 spiro atoms. The molecule has 1 N–H and O–H groups in total. The van der Waals surface area contributed by atoms with Gasteiger partial charge < -0.3 is 10.1 Å². The van der Waals surface area contributed by atoms with Gasteiger partial charge in [0.2, 0.25) is 11.8 Å². The Morgan fingerprint density at radius 2 is 1.87 bits per heavy atom. The van der Waals surface area contributed by atoms with Gasteiger partial charge in [0.1, 0.15) is 12.4 Å². The SMILES string of the molecule is Cc1cccc(OC(=O)CCC(C)(C)C)c1N(CC(=O)Nc1cc(Cl)ccc1-n1cc(Cl)nn1)C(=O)CCl. The van der Waals surface area contributed by atoms with Gasteiger partial charge in [-0.25, -0.2) is 4.68 Å². The molecular weight excluding hydrogens is 553 g/mol. The third-order valence-corrected chi connectivity index (χ3v) is 6.07. The third-order valence-electron chi connectivity index (χ3n) is 5.44. The number of esters is 1. The van der Waals surface area contributed by atoms with Crippen LogP contribution in [0.4, 0.5) is 11.4 Å². The van der Waals surface area contributed by atoms with Gasteiger partial charge in [0, 0.05) is 11.4 Å². The fourth-order valence-electron chi connectivity index (χ4n) is 3.58. The van der Waals surface area contributed by atoms with Crippen LogP contribution in [-0.2, 0) is 14.4 Å². The molecule has 0 aliphatic heterocycles. The highest BCUT2D eigenvalue weighted by Gasteiger charge is 2.26. The van der Waals surface area contributed by atoms with Crippen LogP contribution in [0.1, 0.15) is 39.2 Å². The number of para-hydroxylation sites is 1. The number of aromatic nitrogens is 3. The summed E-state index contributed by atoms with van der Waals surface area (Å²) in [4.78, 5) is 39.9. The predicted molar refractivity (Wildman–Crippen MR) is 149 cm³/mol. The molecule has 12 heteroatoms. The monoisotopic (exact) mass is 579 g/mol. The number of hydrogen-bond donors (Lipinski definition) is 1. The van der Waals surface area contributed by atoms with Crippen molar-refractivity contribution in [1.82, 2.24) is 15.0 Å². The molecule has 0 aliphatic carbocycles. The van der Waals surface area contributed by atoms with E-state index in [1.54, 1.807) is 37.3 Å². The highest BCUT2D eigenvalue weighted by Crippen LogP contribution is 2.33. The van der Waals surface area contributed by atoms with E-state index in [1.165, 1.54) is 21.8 Å². The van der Waals surface area contributed by atoms with Crippen molar-refractivity contribution in [3.05, 3.63) is 58.3 Å². The number of aryl methyl sites for hydroxylation is 1. The number of halogens is 3. The Hall–Kier alpha value is -3.14. The quantitative estimate of drug-likeness (QED) is 0.194. The van der Waals surface area contributed by atoms with Crippen LogP contribution in [0.2, 0.25) is 10.2 Å². The lowest BCUT2D eigenvalue weighted by molar-refractivity contribution is -0.135. The van der Waals surface area contributed by atoms with Crippen molar-refractivity contribution in [2.24, 2.45) is 5.41 Å². The largest absolute Gasteiger partial charge is 0.424 e. The molecule has 0 saturated carbocycles. The summed E-state index contributed by atoms with van der Waals surface area (Å²) >= 11 is 18.0. The molecule has 2 aromatic carbocycles. The number of amides is 2. The summed E-state index contributed by atoms with van der Waals surface area (Å²) in [6.45, 7) is 7.42. The van der Waals surface area contributed by atoms with Crippen LogP contribution < -0.4 is 15.0 Å². The molecule has 0 unspecified atom stereocenters. The molecule has 0 atom stereocenters. The van der Waals surface area contributed by atoms with E-state index in [0.717, 1.165) is 0 Å². The van der Waals surface area contributed by atoms with Crippen molar-refractivity contribution in [3.8, 4) is 11.4 Å². The second kappa shape index (κ2) is 12.6. The van der Waals surface area contributed by atoms with Crippen LogP contribution in [0.3, 0.4) is 0 Å². The number of nitrogens with zero attached hydrogens (tertiary/aromatic N) is 4. The maximum atomic E-state index is 13.2. The number of alkyl halides is 1. The average Bonchev–Trinajstić information content (AvgIpc) is 3.27. The molecule has 0 saturated heterocycles. The molecule has 0 fully saturated rings. The highest BCUT2D eigenvalue weighted by molar-refractivity contribution is 6.31. The second-order valence-electron chi connectivity index (χ2n) is 9.77. The topological polar surface area (TPSA) is 106 Å². The minimum absolute atomic E-state index is 0.0517. The lowest BCUT2D eigenvalue weighted by Crippen LogP contribution is -2.39. The van der Waals surface area contributed by atoms with Gasteiger partial charge in [0.15, 0.2) is 10.9 Å². The summed E-state index contributed by atoms with van der Waals surface area (Å²) in [6, 6.07) is 9.83. The van der Waals surface area contributed by atoms with Gasteiger partial charge in [0.25, 0.3) is 0 Å². The van der Waals surface area contributed by atoms with Gasteiger partial charge in [-0.3, -0.25) is 19.3 Å². The molecule has 2 amide bonds. The molecule has 38 heavy (non-hydrogen) atoms. The summed E-state index contributed by atoms with van der Waals surface area (Å²) in [5, 5.41) is 11.0. The van der Waals surface area contributed by atoms with E-state index < -0.39 is 24.3 Å². The third kappa shape index (κ3) is 7.93. The summed E-state index contributed by atoms with van der Waals surface area (Å²) < 4.78 is 7.02. The first-order chi connectivity index (χ1) is 17.9. The van der Waals surface area contributed by atoms with Crippen molar-refractivity contribution in [1.29, 1.82) is 0 Å². The molecule has 3 aromatic rings. The zero-order valence-electron chi connectivity index (χ0n) is 21.4. The van der Waals surface area contributed by atoms with E-state index in [2.05, 4.69) is 15.6 Å². The van der Waals surface area contributed by atoms with Crippen molar-refractivity contribution in [3.63, 3.8) is 0 Å². The van der Waals surface area contributed by atoms with Crippen LogP contribution >= 0.6 is 34.8 Å². The zero-order valence-corrected chi connectivity index (χ0v) is 23.7. The Morgan fingerprint density at radius 1 is 1.13 bits per heavy atom. The van der Waals surface area contributed by atoms with Crippen LogP contribution in [0.5, 0.6) is 5.75 Å². The summed E-state index contributed by atoms with van der Waals surface area (Å²) in [6.07, 6.45) is 2.29. The molecule has 0 radical (unpaired) electrons. The minimum Gasteiger partial charge on any atom is -0.424 e. The molecular formula is C26H28Cl3N5O4. The molecule has 0 bridgehead atoms. The first-order valence-electron chi connectivity index (χ1n) is 11.7. The first-order valence-corrected chi connectivity index (χ1v) is 13.0. The molecule has 0 aliphatic rings. The van der Waals surface area contributed by atoms with Crippen LogP contribution in [-0.4, -0.2) is 45.2 Å². The zero-order chi connectivity index (χ0) is 28.0. The Kier molecular flexibility index (Phi) is 9.76. The van der Waals surface area contributed by atoms with E-state index in [0.29, 0.717) is 28.4 Å². The molecule has 9 nitrogen and oxygen atoms in total. The van der Waals surface area contributed by atoms with Gasteiger partial charge in [-0.15, -0.1) is 16.7 Å². The number of carbonyl (C=O) groups excluding carboxylic acids is 3.